The first-order chi connectivity index (χ1) is 9.23. The number of nitrogens with one attached hydrogen (secondary N) is 1. The summed E-state index contributed by atoms with van der Waals surface area (Å²) < 4.78 is 0. The second-order valence-electron chi connectivity index (χ2n) is 4.08. The van der Waals surface area contributed by atoms with Crippen molar-refractivity contribution >= 4 is 29.7 Å². The lowest BCUT2D eigenvalue weighted by molar-refractivity contribution is -0.144. The van der Waals surface area contributed by atoms with Crippen LogP contribution in [0.4, 0.5) is 0 Å². The van der Waals surface area contributed by atoms with Gasteiger partial charge < -0.3 is 21.1 Å². The van der Waals surface area contributed by atoms with Gasteiger partial charge in [0.05, 0.1) is 0 Å². The van der Waals surface area contributed by atoms with Crippen molar-refractivity contribution in [3.8, 4) is 0 Å². The monoisotopic (exact) mass is 309 g/mol. The van der Waals surface area contributed by atoms with Crippen LogP contribution in [0.25, 0.3) is 0 Å². The van der Waals surface area contributed by atoms with E-state index in [0.29, 0.717) is 5.75 Å². The average molecular weight is 309 g/mol. The quantitative estimate of drug-likeness (QED) is 0.225. The van der Waals surface area contributed by atoms with Gasteiger partial charge in [-0.3, -0.25) is 14.4 Å². The molecule has 0 unspecified atom stereocenters. The van der Waals surface area contributed by atoms with Crippen molar-refractivity contribution in [2.75, 3.05) is 25.1 Å². The molecule has 0 aromatic heterocycles. The summed E-state index contributed by atoms with van der Waals surface area (Å²) in [6.45, 7) is -0.333. The fourth-order valence-corrected chi connectivity index (χ4v) is 2.21. The predicted molar refractivity (Wildman–Crippen MR) is 72.4 cm³/mol. The van der Waals surface area contributed by atoms with Crippen LogP contribution in [0.1, 0.15) is 6.42 Å². The van der Waals surface area contributed by atoms with Crippen molar-refractivity contribution in [1.29, 1.82) is 0 Å². The minimum Gasteiger partial charge on any atom is -0.480 e. The van der Waals surface area contributed by atoms with Gasteiger partial charge in [0, 0.05) is 12.8 Å². The maximum absolute atomic E-state index is 11.0. The molecule has 2 atom stereocenters. The van der Waals surface area contributed by atoms with Gasteiger partial charge in [0.15, 0.2) is 0 Å². The van der Waals surface area contributed by atoms with E-state index in [9.17, 15) is 14.4 Å². The van der Waals surface area contributed by atoms with Crippen LogP contribution in [0.3, 0.4) is 0 Å². The summed E-state index contributed by atoms with van der Waals surface area (Å²) in [4.78, 5) is 31.9. The molecule has 20 heavy (non-hydrogen) atoms. The second kappa shape index (κ2) is 9.53. The molecule has 0 aliphatic heterocycles. The van der Waals surface area contributed by atoms with Crippen LogP contribution in [0, 0.1) is 0 Å². The summed E-state index contributed by atoms with van der Waals surface area (Å²) in [6, 6.07) is -1.92. The molecular weight excluding hydrogens is 290 g/mol. The van der Waals surface area contributed by atoms with Crippen LogP contribution in [0.2, 0.25) is 0 Å². The molecule has 0 saturated carbocycles. The number of carbonyl (C=O) groups is 3. The summed E-state index contributed by atoms with van der Waals surface area (Å²) in [5.74, 6) is -2.71. The predicted octanol–water partition coefficient (Wildman–Crippen LogP) is -1.50. The van der Waals surface area contributed by atoms with E-state index < -0.39 is 30.0 Å². The van der Waals surface area contributed by atoms with Gasteiger partial charge in [0.2, 0.25) is 0 Å². The van der Waals surface area contributed by atoms with Crippen molar-refractivity contribution in [3.05, 3.63) is 0 Å². The highest BCUT2D eigenvalue weighted by Gasteiger charge is 2.20. The van der Waals surface area contributed by atoms with E-state index in [1.54, 1.807) is 0 Å². The molecule has 0 rings (SSSR count). The fraction of sp³-hybridized carbons (Fsp3) is 0.700. The minimum absolute atomic E-state index is 0.187. The smallest absolute Gasteiger partial charge is 0.322 e. The number of rotatable bonds is 11. The van der Waals surface area contributed by atoms with Crippen molar-refractivity contribution in [1.82, 2.24) is 10.4 Å². The molecule has 0 amide bonds. The Bertz CT molecular complexity index is 354. The third-order valence-electron chi connectivity index (χ3n) is 2.21. The summed E-state index contributed by atoms with van der Waals surface area (Å²) in [6.07, 6.45) is 0.219. The number of carboxylic acid groups (broad SMARTS) is 3. The van der Waals surface area contributed by atoms with E-state index in [1.165, 1.54) is 23.8 Å². The van der Waals surface area contributed by atoms with Gasteiger partial charge >= 0.3 is 17.9 Å². The van der Waals surface area contributed by atoms with Gasteiger partial charge in [-0.25, -0.2) is 10.4 Å². The van der Waals surface area contributed by atoms with Gasteiger partial charge in [-0.05, 0) is 12.2 Å². The Morgan fingerprint density at radius 2 is 1.85 bits per heavy atom. The van der Waals surface area contributed by atoms with Gasteiger partial charge in [0.25, 0.3) is 0 Å². The topological polar surface area (TPSA) is 153 Å². The number of nitrogens with zero attached hydrogens (tertiary/aromatic N) is 1. The van der Waals surface area contributed by atoms with Crippen LogP contribution in [-0.4, -0.2) is 75.4 Å². The Balaban J connectivity index is 4.06. The van der Waals surface area contributed by atoms with Gasteiger partial charge in [-0.1, -0.05) is 0 Å². The Kier molecular flexibility index (Phi) is 8.88. The zero-order valence-electron chi connectivity index (χ0n) is 11.0. The molecule has 0 bridgehead atoms. The second-order valence-corrected chi connectivity index (χ2v) is 5.23. The molecule has 0 aliphatic carbocycles. The van der Waals surface area contributed by atoms with Crippen molar-refractivity contribution in [2.24, 2.45) is 5.73 Å². The highest BCUT2D eigenvalue weighted by Crippen LogP contribution is 2.07. The van der Waals surface area contributed by atoms with Crippen molar-refractivity contribution < 1.29 is 29.7 Å². The minimum atomic E-state index is -1.11. The largest absolute Gasteiger partial charge is 0.480 e. The van der Waals surface area contributed by atoms with Crippen molar-refractivity contribution in [2.45, 2.75) is 18.5 Å². The lowest BCUT2D eigenvalue weighted by Crippen LogP contribution is -2.48. The number of hydrogen-bond donors (Lipinski definition) is 5. The molecule has 0 radical (unpaired) electrons. The van der Waals surface area contributed by atoms with Gasteiger partial charge in [-0.2, -0.15) is 11.8 Å². The van der Waals surface area contributed by atoms with E-state index in [4.69, 9.17) is 21.1 Å². The van der Waals surface area contributed by atoms with Gasteiger partial charge in [-0.15, -0.1) is 0 Å². The van der Waals surface area contributed by atoms with Crippen LogP contribution in [0.15, 0.2) is 0 Å². The summed E-state index contributed by atoms with van der Waals surface area (Å²) in [5.41, 5.74) is 7.85. The lowest BCUT2D eigenvalue weighted by atomic mass is 10.2. The Labute approximate surface area is 120 Å². The third-order valence-corrected chi connectivity index (χ3v) is 3.33. The van der Waals surface area contributed by atoms with E-state index in [-0.39, 0.29) is 18.7 Å². The van der Waals surface area contributed by atoms with E-state index in [1.807, 2.05) is 0 Å². The highest BCUT2D eigenvalue weighted by atomic mass is 32.2. The fourth-order valence-electron chi connectivity index (χ4n) is 1.24. The van der Waals surface area contributed by atoms with Crippen LogP contribution in [0.5, 0.6) is 0 Å². The number of likely N-dealkylation sites (N-methyl/N-ethyl adjacent to an activating group) is 1. The lowest BCUT2D eigenvalue weighted by Gasteiger charge is -2.21. The zero-order valence-corrected chi connectivity index (χ0v) is 11.8. The first kappa shape index (κ1) is 18.6. The number of hydrogen-bond acceptors (Lipinski definition) is 7. The average Bonchev–Trinajstić information content (AvgIpc) is 2.31. The van der Waals surface area contributed by atoms with E-state index in [2.05, 4.69) is 5.43 Å². The number of thioether (sulfide) groups is 1. The number of nitrogens with two attached hydrogens (primary N) is 1. The summed E-state index contributed by atoms with van der Waals surface area (Å²) >= 11 is 1.23. The number of hydrazine groups is 1. The number of carboxylic acids is 3. The Morgan fingerprint density at radius 1 is 1.25 bits per heavy atom. The van der Waals surface area contributed by atoms with E-state index in [0.717, 1.165) is 0 Å². The molecule has 0 aromatic rings. The number of aliphatic carboxylic acids is 3. The van der Waals surface area contributed by atoms with Crippen molar-refractivity contribution in [3.63, 3.8) is 0 Å². The first-order valence-corrected chi connectivity index (χ1v) is 6.87. The zero-order chi connectivity index (χ0) is 15.7. The maximum Gasteiger partial charge on any atom is 0.322 e. The normalized spacial score (nSPS) is 13.9. The summed E-state index contributed by atoms with van der Waals surface area (Å²) in [5, 5.41) is 27.3. The van der Waals surface area contributed by atoms with E-state index >= 15 is 0 Å². The Morgan fingerprint density at radius 3 is 2.30 bits per heavy atom. The highest BCUT2D eigenvalue weighted by molar-refractivity contribution is 7.99. The standard InChI is InChI=1S/C10H19N3O6S/c1-13(4-8(14)15)12-7(10(18)19)2-3-20-5-6(11)9(16)17/h6-7,12H,2-5,11H2,1H3,(H,14,15)(H,16,17)(H,18,19)/t6-,7-/m0/s1. The van der Waals surface area contributed by atoms with Crippen LogP contribution < -0.4 is 11.2 Å². The van der Waals surface area contributed by atoms with Crippen LogP contribution >= 0.6 is 11.8 Å². The molecular formula is C10H19N3O6S. The molecule has 0 aromatic carbocycles. The maximum atomic E-state index is 11.0. The molecule has 6 N–H and O–H groups in total. The SMILES string of the molecule is CN(CC(=O)O)N[C@@H](CCSC[C@H](N)C(=O)O)C(=O)O. The molecule has 9 nitrogen and oxygen atoms in total. The molecule has 116 valence electrons. The van der Waals surface area contributed by atoms with Crippen LogP contribution in [-0.2, 0) is 14.4 Å². The molecule has 0 spiro atoms. The van der Waals surface area contributed by atoms with Gasteiger partial charge in [0.1, 0.15) is 18.6 Å². The molecule has 10 heteroatoms. The molecule has 0 heterocycles. The third kappa shape index (κ3) is 8.69. The Hall–Kier alpha value is -1.36. The first-order valence-electron chi connectivity index (χ1n) is 5.72. The molecule has 0 saturated heterocycles. The molecule has 0 fully saturated rings. The molecule has 0 aliphatic rings. The summed E-state index contributed by atoms with van der Waals surface area (Å²) in [7, 11) is 1.43.